The Balaban J connectivity index is 1.50. The maximum atomic E-state index is 11.7. The van der Waals surface area contributed by atoms with E-state index in [2.05, 4.69) is 20.3 Å². The van der Waals surface area contributed by atoms with Crippen LogP contribution in [0.5, 0.6) is 0 Å². The highest BCUT2D eigenvalue weighted by atomic mass is 35.5. The molecule has 0 radical (unpaired) electrons. The molecule has 1 saturated heterocycles. The predicted octanol–water partition coefficient (Wildman–Crippen LogP) is -0.477. The van der Waals surface area contributed by atoms with Crippen LogP contribution in [0.3, 0.4) is 0 Å². The molecule has 3 heterocycles. The van der Waals surface area contributed by atoms with E-state index in [0.29, 0.717) is 11.3 Å². The normalized spacial score (nSPS) is 26.6. The minimum Gasteiger partial charge on any atom is -0.387 e. The van der Waals surface area contributed by atoms with Gasteiger partial charge in [0, 0.05) is 12.6 Å². The van der Waals surface area contributed by atoms with Gasteiger partial charge in [0.15, 0.2) is 29.1 Å². The van der Waals surface area contributed by atoms with Crippen LogP contribution in [0, 0.1) is 0 Å². The van der Waals surface area contributed by atoms with E-state index < -0.39 is 61.2 Å². The second-order valence-electron chi connectivity index (χ2n) is 8.84. The molecule has 36 heavy (non-hydrogen) atoms. The largest absolute Gasteiger partial charge is 0.387 e. The summed E-state index contributed by atoms with van der Waals surface area (Å²) in [5, 5.41) is 24.4. The van der Waals surface area contributed by atoms with Crippen LogP contribution in [0.4, 0.5) is 5.82 Å². The highest BCUT2D eigenvalue weighted by molar-refractivity contribution is 7.88. The first-order chi connectivity index (χ1) is 16.8. The maximum absolute atomic E-state index is 11.7. The van der Waals surface area contributed by atoms with Gasteiger partial charge in [-0.3, -0.25) is 9.13 Å². The topological polar surface area (TPSA) is 218 Å². The van der Waals surface area contributed by atoms with E-state index in [9.17, 15) is 33.0 Å². The number of aromatic nitrogens is 4. The van der Waals surface area contributed by atoms with E-state index in [1.165, 1.54) is 10.9 Å². The molecule has 0 amide bonds. The Morgan fingerprint density at radius 1 is 1.28 bits per heavy atom. The Labute approximate surface area is 211 Å². The van der Waals surface area contributed by atoms with Crippen LogP contribution in [0.1, 0.15) is 31.9 Å². The van der Waals surface area contributed by atoms with Crippen molar-refractivity contribution in [3.63, 3.8) is 0 Å². The third kappa shape index (κ3) is 6.32. The van der Waals surface area contributed by atoms with Crippen LogP contribution in [-0.4, -0.2) is 97.5 Å². The first-order valence-electron chi connectivity index (χ1n) is 11.1. The number of anilines is 1. The number of hydrogen-bond acceptors (Lipinski definition) is 11. The Morgan fingerprint density at radius 2 is 1.97 bits per heavy atom. The Kier molecular flexibility index (Phi) is 8.22. The average molecular weight is 571 g/mol. The smallest absolute Gasteiger partial charge is 0.355 e. The zero-order valence-corrected chi connectivity index (χ0v) is 21.6. The molecule has 1 saturated carbocycles. The molecule has 6 N–H and O–H groups in total. The van der Waals surface area contributed by atoms with Crippen molar-refractivity contribution in [2.24, 2.45) is 0 Å². The highest BCUT2D eigenvalue weighted by Crippen LogP contribution is 2.42. The fourth-order valence-electron chi connectivity index (χ4n) is 4.24. The Hall–Kier alpha value is -1.46. The molecular weight excluding hydrogens is 543 g/mol. The van der Waals surface area contributed by atoms with Gasteiger partial charge in [0.2, 0.25) is 15.3 Å². The SMILES string of the molecule is CS(=O)(=O)NCC(OC[C@H]1O[C@@H](n2cnc3c(NC4CCCC4)nc(Cl)nc32)[C@H](O)[C@@H]1O)P(=O)(O)O. The van der Waals surface area contributed by atoms with Gasteiger partial charge in [0.1, 0.15) is 18.3 Å². The summed E-state index contributed by atoms with van der Waals surface area (Å²) in [5.41, 5.74) is 0.642. The van der Waals surface area contributed by atoms with Crippen molar-refractivity contribution < 1.29 is 42.5 Å². The minimum absolute atomic E-state index is 0.0551. The molecule has 2 fully saturated rings. The lowest BCUT2D eigenvalue weighted by atomic mass is 10.1. The number of hydrogen-bond donors (Lipinski definition) is 6. The molecule has 15 nitrogen and oxygen atoms in total. The molecule has 0 bridgehead atoms. The monoisotopic (exact) mass is 570 g/mol. The quantitative estimate of drug-likeness (QED) is 0.157. The van der Waals surface area contributed by atoms with Crippen molar-refractivity contribution in [3.05, 3.63) is 11.6 Å². The van der Waals surface area contributed by atoms with Crippen molar-refractivity contribution in [1.29, 1.82) is 0 Å². The summed E-state index contributed by atoms with van der Waals surface area (Å²) in [6.07, 6.45) is 1.00. The highest BCUT2D eigenvalue weighted by Gasteiger charge is 2.45. The van der Waals surface area contributed by atoms with Crippen molar-refractivity contribution in [2.75, 3.05) is 24.7 Å². The number of ether oxygens (including phenoxy) is 2. The van der Waals surface area contributed by atoms with Gasteiger partial charge in [0.25, 0.3) is 0 Å². The number of nitrogens with zero attached hydrogens (tertiary/aromatic N) is 4. The molecular formula is C18H28ClN6O9PS. The van der Waals surface area contributed by atoms with Crippen LogP contribution in [-0.2, 0) is 24.1 Å². The van der Waals surface area contributed by atoms with Crippen molar-refractivity contribution in [1.82, 2.24) is 24.2 Å². The van der Waals surface area contributed by atoms with Gasteiger partial charge >= 0.3 is 7.60 Å². The van der Waals surface area contributed by atoms with Crippen LogP contribution >= 0.6 is 19.2 Å². The van der Waals surface area contributed by atoms with Gasteiger partial charge in [-0.15, -0.1) is 0 Å². The third-order valence-corrected chi connectivity index (χ3v) is 7.99. The van der Waals surface area contributed by atoms with E-state index in [-0.39, 0.29) is 17.0 Å². The van der Waals surface area contributed by atoms with Gasteiger partial charge in [0.05, 0.1) is 19.2 Å². The molecule has 2 aliphatic rings. The lowest BCUT2D eigenvalue weighted by Gasteiger charge is -2.22. The number of imidazole rings is 1. The summed E-state index contributed by atoms with van der Waals surface area (Å²) in [6, 6.07) is 0.222. The molecule has 18 heteroatoms. The zero-order chi connectivity index (χ0) is 26.3. The molecule has 5 atom stereocenters. The lowest BCUT2D eigenvalue weighted by Crippen LogP contribution is -2.38. The Morgan fingerprint density at radius 3 is 2.61 bits per heavy atom. The standard InChI is InChI=1S/C18H28ClN6O9PS/c1-36(31,32)21-6-11(35(28,29)30)33-7-10-13(26)14(27)17(34-10)25-8-20-12-15(22-9-4-2-3-5-9)23-18(19)24-16(12)25/h8-11,13-14,17,21,26-27H,2-7H2,1H3,(H,22,23,24)(H2,28,29,30)/t10-,11?,13-,14-,17-/m1/s1. The number of nitrogens with one attached hydrogen (secondary N) is 2. The number of halogens is 1. The molecule has 202 valence electrons. The molecule has 2 aromatic heterocycles. The number of sulfonamides is 1. The summed E-state index contributed by atoms with van der Waals surface area (Å²) >= 11 is 6.13. The predicted molar refractivity (Wildman–Crippen MR) is 127 cm³/mol. The molecule has 1 aliphatic carbocycles. The summed E-state index contributed by atoms with van der Waals surface area (Å²) in [5.74, 6) is -1.39. The van der Waals surface area contributed by atoms with Gasteiger partial charge in [-0.05, 0) is 24.4 Å². The first kappa shape index (κ1) is 27.6. The van der Waals surface area contributed by atoms with E-state index in [0.717, 1.165) is 31.9 Å². The van der Waals surface area contributed by atoms with Gasteiger partial charge < -0.3 is 34.8 Å². The average Bonchev–Trinajstić information content (AvgIpc) is 3.48. The van der Waals surface area contributed by atoms with Crippen molar-refractivity contribution in [3.8, 4) is 0 Å². The zero-order valence-electron chi connectivity index (χ0n) is 19.1. The van der Waals surface area contributed by atoms with Crippen molar-refractivity contribution >= 4 is 46.2 Å². The van der Waals surface area contributed by atoms with Crippen LogP contribution < -0.4 is 10.0 Å². The summed E-state index contributed by atoms with van der Waals surface area (Å²) in [4.78, 5) is 31.7. The van der Waals surface area contributed by atoms with E-state index >= 15 is 0 Å². The molecule has 4 rings (SSSR count). The molecule has 1 unspecified atom stereocenters. The van der Waals surface area contributed by atoms with E-state index in [1.807, 2.05) is 4.72 Å². The van der Waals surface area contributed by atoms with Crippen LogP contribution in [0.15, 0.2) is 6.33 Å². The summed E-state index contributed by atoms with van der Waals surface area (Å²) in [6.45, 7) is -1.25. The number of fused-ring (bicyclic) bond motifs is 1. The number of aliphatic hydroxyl groups is 2. The molecule has 0 aromatic carbocycles. The lowest BCUT2D eigenvalue weighted by molar-refractivity contribution is -0.0716. The van der Waals surface area contributed by atoms with Gasteiger partial charge in [-0.1, -0.05) is 12.8 Å². The van der Waals surface area contributed by atoms with Crippen LogP contribution in [0.25, 0.3) is 11.2 Å². The van der Waals surface area contributed by atoms with E-state index in [1.54, 1.807) is 0 Å². The van der Waals surface area contributed by atoms with Gasteiger partial charge in [-0.2, -0.15) is 9.97 Å². The van der Waals surface area contributed by atoms with Gasteiger partial charge in [-0.25, -0.2) is 18.1 Å². The second kappa shape index (κ2) is 10.7. The maximum Gasteiger partial charge on any atom is 0.355 e. The van der Waals surface area contributed by atoms with Crippen molar-refractivity contribution in [2.45, 2.75) is 62.1 Å². The second-order valence-corrected chi connectivity index (χ2v) is 12.8. The minimum atomic E-state index is -4.88. The molecule has 2 aromatic rings. The summed E-state index contributed by atoms with van der Waals surface area (Å²) < 4.78 is 48.6. The number of aliphatic hydroxyl groups excluding tert-OH is 2. The Bertz CT molecular complexity index is 1240. The molecule has 1 aliphatic heterocycles. The molecule has 0 spiro atoms. The van der Waals surface area contributed by atoms with Crippen LogP contribution in [0.2, 0.25) is 5.28 Å². The fourth-order valence-corrected chi connectivity index (χ4v) is 5.59. The third-order valence-electron chi connectivity index (χ3n) is 6.05. The fraction of sp³-hybridized carbons (Fsp3) is 0.722. The first-order valence-corrected chi connectivity index (χ1v) is 15.1. The number of rotatable bonds is 10. The van der Waals surface area contributed by atoms with E-state index in [4.69, 9.17) is 21.1 Å². The summed E-state index contributed by atoms with van der Waals surface area (Å²) in [7, 11) is -8.62.